The van der Waals surface area contributed by atoms with Crippen molar-refractivity contribution < 1.29 is 19.5 Å². The number of hydrogen-bond donors (Lipinski definition) is 2. The van der Waals surface area contributed by atoms with Crippen LogP contribution in [0.15, 0.2) is 72.8 Å². The minimum absolute atomic E-state index is 0.0437. The van der Waals surface area contributed by atoms with Crippen LogP contribution in [0.25, 0.3) is 21.5 Å². The van der Waals surface area contributed by atoms with Crippen molar-refractivity contribution in [1.29, 1.82) is 0 Å². The lowest BCUT2D eigenvalue weighted by molar-refractivity contribution is -0.135. The third-order valence-electron chi connectivity index (χ3n) is 5.09. The van der Waals surface area contributed by atoms with E-state index in [1.807, 2.05) is 67.7 Å². The smallest absolute Gasteiger partial charge is 0.323 e. The van der Waals surface area contributed by atoms with Crippen molar-refractivity contribution in [3.05, 3.63) is 83.9 Å². The highest BCUT2D eigenvalue weighted by Crippen LogP contribution is 2.22. The molecule has 0 atom stereocenters. The number of carboxylic acid groups (broad SMARTS) is 1. The predicted molar refractivity (Wildman–Crippen MR) is 129 cm³/mol. The number of carbonyl (C=O) groups is 3. The van der Waals surface area contributed by atoms with Crippen LogP contribution in [0.2, 0.25) is 0 Å². The zero-order valence-corrected chi connectivity index (χ0v) is 17.9. The van der Waals surface area contributed by atoms with Crippen LogP contribution in [0.1, 0.15) is 20.7 Å². The molecule has 32 heavy (non-hydrogen) atoms. The number of aldehydes is 2. The van der Waals surface area contributed by atoms with E-state index >= 15 is 0 Å². The molecule has 6 nitrogen and oxygen atoms in total. The number of fused-ring (bicyclic) bond motifs is 2. The fourth-order valence-electron chi connectivity index (χ4n) is 3.35. The molecule has 0 saturated carbocycles. The molecule has 4 aromatic rings. The minimum Gasteiger partial charge on any atom is -0.480 e. The van der Waals surface area contributed by atoms with E-state index in [0.717, 1.165) is 51.1 Å². The fraction of sp³-hybridized carbons (Fsp3) is 0.115. The Morgan fingerprint density at radius 2 is 1.31 bits per heavy atom. The molecule has 0 aliphatic rings. The van der Waals surface area contributed by atoms with Gasteiger partial charge < -0.3 is 15.3 Å². The quantitative estimate of drug-likeness (QED) is 0.426. The molecule has 0 aliphatic heterocycles. The van der Waals surface area contributed by atoms with Crippen molar-refractivity contribution in [2.24, 2.45) is 0 Å². The van der Waals surface area contributed by atoms with Gasteiger partial charge in [-0.3, -0.25) is 14.4 Å². The minimum atomic E-state index is -0.867. The molecule has 0 fully saturated rings. The molecule has 0 saturated heterocycles. The Labute approximate surface area is 186 Å². The molecule has 162 valence electrons. The maximum Gasteiger partial charge on any atom is 0.323 e. The van der Waals surface area contributed by atoms with Gasteiger partial charge in [-0.05, 0) is 57.9 Å². The average molecular weight is 428 g/mol. The lowest BCUT2D eigenvalue weighted by atomic mass is 10.1. The van der Waals surface area contributed by atoms with Crippen LogP contribution >= 0.6 is 0 Å². The molecule has 0 aliphatic carbocycles. The molecular formula is C26H24N2O4. The van der Waals surface area contributed by atoms with Gasteiger partial charge in [0.15, 0.2) is 0 Å². The summed E-state index contributed by atoms with van der Waals surface area (Å²) in [7, 11) is 3.62. The maximum atomic E-state index is 10.7. The van der Waals surface area contributed by atoms with Gasteiger partial charge in [0.25, 0.3) is 0 Å². The van der Waals surface area contributed by atoms with Gasteiger partial charge in [0.05, 0.1) is 0 Å². The zero-order valence-electron chi connectivity index (χ0n) is 17.9. The van der Waals surface area contributed by atoms with Crippen molar-refractivity contribution in [3.8, 4) is 0 Å². The van der Waals surface area contributed by atoms with Gasteiger partial charge in [-0.2, -0.15) is 0 Å². The molecule has 0 aromatic heterocycles. The second-order valence-corrected chi connectivity index (χ2v) is 7.35. The van der Waals surface area contributed by atoms with Gasteiger partial charge in [-0.15, -0.1) is 0 Å². The first-order valence-electron chi connectivity index (χ1n) is 10.0. The van der Waals surface area contributed by atoms with Crippen molar-refractivity contribution in [3.63, 3.8) is 0 Å². The number of nitrogens with one attached hydrogen (secondary N) is 1. The van der Waals surface area contributed by atoms with Gasteiger partial charge in [-0.1, -0.05) is 36.4 Å². The highest BCUT2D eigenvalue weighted by molar-refractivity contribution is 5.92. The van der Waals surface area contributed by atoms with E-state index in [0.29, 0.717) is 5.56 Å². The third kappa shape index (κ3) is 5.49. The number of hydrogen-bond acceptors (Lipinski definition) is 5. The van der Waals surface area contributed by atoms with E-state index in [-0.39, 0.29) is 6.54 Å². The molecule has 4 rings (SSSR count). The Hall–Kier alpha value is -4.19. The van der Waals surface area contributed by atoms with Crippen molar-refractivity contribution in [1.82, 2.24) is 0 Å². The van der Waals surface area contributed by atoms with Crippen LogP contribution in [0, 0.1) is 0 Å². The summed E-state index contributed by atoms with van der Waals surface area (Å²) in [6.07, 6.45) is 1.68. The van der Waals surface area contributed by atoms with Gasteiger partial charge >= 0.3 is 5.97 Å². The number of aliphatic carboxylic acids is 1. The molecule has 0 heterocycles. The lowest BCUT2D eigenvalue weighted by Gasteiger charge is -2.17. The van der Waals surface area contributed by atoms with Crippen LogP contribution in [0.3, 0.4) is 0 Å². The Bertz CT molecular complexity index is 1280. The van der Waals surface area contributed by atoms with Gasteiger partial charge in [0.2, 0.25) is 0 Å². The molecule has 0 spiro atoms. The summed E-state index contributed by atoms with van der Waals surface area (Å²) < 4.78 is 0. The molecular weight excluding hydrogens is 404 g/mol. The first-order chi connectivity index (χ1) is 15.4. The number of nitrogens with zero attached hydrogens (tertiary/aromatic N) is 1. The van der Waals surface area contributed by atoms with Gasteiger partial charge in [0, 0.05) is 36.6 Å². The Kier molecular flexibility index (Phi) is 7.18. The molecule has 2 N–H and O–H groups in total. The molecule has 0 bridgehead atoms. The normalized spacial score (nSPS) is 10.2. The van der Waals surface area contributed by atoms with Crippen LogP contribution in [0.4, 0.5) is 11.4 Å². The van der Waals surface area contributed by atoms with E-state index in [2.05, 4.69) is 11.4 Å². The number of rotatable bonds is 6. The first kappa shape index (κ1) is 22.5. The summed E-state index contributed by atoms with van der Waals surface area (Å²) in [5.41, 5.74) is 3.27. The third-order valence-corrected chi connectivity index (χ3v) is 5.09. The van der Waals surface area contributed by atoms with Crippen LogP contribution in [-0.4, -0.2) is 44.3 Å². The predicted octanol–water partition coefficient (Wildman–Crippen LogP) is 4.87. The standard InChI is InChI=1S/C14H13NO3.C12H11NO/c1-15(8-14(17)18)13-5-4-11-6-10(9-16)2-3-12(11)7-13;1-13-12-5-4-10-6-9(8-14)2-3-11(10)7-12/h2-7,9H,8H2,1H3,(H,17,18);2-8,13H,1H3. The Morgan fingerprint density at radius 3 is 1.84 bits per heavy atom. The monoisotopic (exact) mass is 428 g/mol. The molecule has 0 amide bonds. The van der Waals surface area contributed by atoms with E-state index in [1.165, 1.54) is 0 Å². The summed E-state index contributed by atoms with van der Waals surface area (Å²) in [6, 6.07) is 22.8. The number of anilines is 2. The van der Waals surface area contributed by atoms with Gasteiger partial charge in [-0.25, -0.2) is 0 Å². The number of carbonyl (C=O) groups excluding carboxylic acids is 2. The zero-order chi connectivity index (χ0) is 23.1. The largest absolute Gasteiger partial charge is 0.480 e. The van der Waals surface area contributed by atoms with E-state index < -0.39 is 5.97 Å². The number of likely N-dealkylation sites (N-methyl/N-ethyl adjacent to an activating group) is 1. The SMILES string of the molecule is CN(CC(=O)O)c1ccc2cc(C=O)ccc2c1.CNc1ccc2cc(C=O)ccc2c1. The lowest BCUT2D eigenvalue weighted by Crippen LogP contribution is -2.24. The second kappa shape index (κ2) is 10.2. The number of carboxylic acids is 1. The Balaban J connectivity index is 0.000000186. The summed E-state index contributed by atoms with van der Waals surface area (Å²) >= 11 is 0. The summed E-state index contributed by atoms with van der Waals surface area (Å²) in [5.74, 6) is -0.867. The van der Waals surface area contributed by atoms with Crippen LogP contribution < -0.4 is 10.2 Å². The fourth-order valence-corrected chi connectivity index (χ4v) is 3.35. The topological polar surface area (TPSA) is 86.7 Å². The molecule has 0 unspecified atom stereocenters. The van der Waals surface area contributed by atoms with Crippen molar-refractivity contribution >= 4 is 51.5 Å². The summed E-state index contributed by atoms with van der Waals surface area (Å²) in [6.45, 7) is -0.0437. The van der Waals surface area contributed by atoms with Crippen LogP contribution in [-0.2, 0) is 4.79 Å². The van der Waals surface area contributed by atoms with E-state index in [1.54, 1.807) is 18.0 Å². The Morgan fingerprint density at radius 1 is 0.812 bits per heavy atom. The van der Waals surface area contributed by atoms with Crippen LogP contribution in [0.5, 0.6) is 0 Å². The van der Waals surface area contributed by atoms with E-state index in [9.17, 15) is 14.4 Å². The summed E-state index contributed by atoms with van der Waals surface area (Å²) in [4.78, 5) is 33.5. The van der Waals surface area contributed by atoms with Gasteiger partial charge in [0.1, 0.15) is 19.1 Å². The molecule has 0 radical (unpaired) electrons. The van der Waals surface area contributed by atoms with E-state index in [4.69, 9.17) is 5.11 Å². The number of benzene rings is 4. The highest BCUT2D eigenvalue weighted by Gasteiger charge is 2.06. The van der Waals surface area contributed by atoms with Crippen molar-refractivity contribution in [2.45, 2.75) is 0 Å². The maximum absolute atomic E-state index is 10.7. The highest BCUT2D eigenvalue weighted by atomic mass is 16.4. The average Bonchev–Trinajstić information content (AvgIpc) is 2.82. The van der Waals surface area contributed by atoms with Crippen molar-refractivity contribution in [2.75, 3.05) is 30.9 Å². The summed E-state index contributed by atoms with van der Waals surface area (Å²) in [5, 5.41) is 16.0. The second-order valence-electron chi connectivity index (χ2n) is 7.35. The molecule has 6 heteroatoms. The molecule has 4 aromatic carbocycles. The first-order valence-corrected chi connectivity index (χ1v) is 10.0.